The Morgan fingerprint density at radius 3 is 2.45 bits per heavy atom. The fourth-order valence-electron chi connectivity index (χ4n) is 2.19. The van der Waals surface area contributed by atoms with Crippen molar-refractivity contribution in [3.8, 4) is 11.5 Å². The van der Waals surface area contributed by atoms with E-state index in [1.165, 1.54) is 5.56 Å². The van der Waals surface area contributed by atoms with Crippen molar-refractivity contribution in [1.29, 1.82) is 0 Å². The van der Waals surface area contributed by atoms with Crippen LogP contribution >= 0.6 is 31.9 Å². The minimum atomic E-state index is 0.136. The van der Waals surface area contributed by atoms with E-state index in [2.05, 4.69) is 56.1 Å². The van der Waals surface area contributed by atoms with Crippen LogP contribution in [0.1, 0.15) is 22.4 Å². The van der Waals surface area contributed by atoms with Crippen LogP contribution in [-0.4, -0.2) is 13.2 Å². The van der Waals surface area contributed by atoms with Gasteiger partial charge in [0.25, 0.3) is 0 Å². The lowest BCUT2D eigenvalue weighted by Crippen LogP contribution is -1.97. The highest BCUT2D eigenvalue weighted by atomic mass is 79.9. The van der Waals surface area contributed by atoms with Crippen molar-refractivity contribution in [3.63, 3.8) is 0 Å². The summed E-state index contributed by atoms with van der Waals surface area (Å²) in [7, 11) is 0. The molecule has 3 rings (SSSR count). The summed E-state index contributed by atoms with van der Waals surface area (Å²) < 4.78 is 12.5. The molecular weight excluding hydrogens is 384 g/mol. The average molecular weight is 398 g/mol. The van der Waals surface area contributed by atoms with Gasteiger partial charge in [-0.1, -0.05) is 50.1 Å². The molecule has 0 saturated heterocycles. The third-order valence-electron chi connectivity index (χ3n) is 3.21. The molecule has 0 fully saturated rings. The second-order valence-corrected chi connectivity index (χ2v) is 6.51. The zero-order chi connectivity index (χ0) is 13.9. The quantitative estimate of drug-likeness (QED) is 0.656. The largest absolute Gasteiger partial charge is 0.490 e. The molecule has 0 amide bonds. The fraction of sp³-hybridized carbons (Fsp3) is 0.250. The second kappa shape index (κ2) is 6.19. The first-order valence-electron chi connectivity index (χ1n) is 6.53. The van der Waals surface area contributed by atoms with Crippen LogP contribution in [0.5, 0.6) is 11.5 Å². The normalized spacial score (nSPS) is 15.5. The van der Waals surface area contributed by atoms with Gasteiger partial charge in [-0.25, -0.2) is 0 Å². The standard InChI is InChI=1S/C16H14Br2O2/c17-13-4-1-3-11(9-13)16(18)12-5-6-14-15(10-12)20-8-2-7-19-14/h1,3-6,9-10,16H,2,7-8H2. The highest BCUT2D eigenvalue weighted by molar-refractivity contribution is 9.10. The maximum Gasteiger partial charge on any atom is 0.161 e. The Balaban J connectivity index is 1.92. The summed E-state index contributed by atoms with van der Waals surface area (Å²) in [6.07, 6.45) is 0.924. The van der Waals surface area contributed by atoms with E-state index >= 15 is 0 Å². The van der Waals surface area contributed by atoms with Crippen molar-refractivity contribution in [2.24, 2.45) is 0 Å². The van der Waals surface area contributed by atoms with Crippen LogP contribution < -0.4 is 9.47 Å². The molecule has 4 heteroatoms. The number of hydrogen-bond donors (Lipinski definition) is 0. The van der Waals surface area contributed by atoms with Gasteiger partial charge in [0.2, 0.25) is 0 Å². The van der Waals surface area contributed by atoms with Gasteiger partial charge in [0, 0.05) is 10.9 Å². The van der Waals surface area contributed by atoms with Gasteiger partial charge in [-0.05, 0) is 35.4 Å². The Hall–Kier alpha value is -1.00. The Bertz CT molecular complexity index is 613. The summed E-state index contributed by atoms with van der Waals surface area (Å²) in [6, 6.07) is 14.4. The molecule has 104 valence electrons. The molecule has 0 saturated carbocycles. The van der Waals surface area contributed by atoms with Crippen LogP contribution in [0.15, 0.2) is 46.9 Å². The lowest BCUT2D eigenvalue weighted by Gasteiger charge is -2.14. The van der Waals surface area contributed by atoms with Gasteiger partial charge < -0.3 is 9.47 Å². The number of halogens is 2. The van der Waals surface area contributed by atoms with Crippen LogP contribution in [0.2, 0.25) is 0 Å². The third kappa shape index (κ3) is 3.01. The van der Waals surface area contributed by atoms with Gasteiger partial charge in [0.15, 0.2) is 11.5 Å². The minimum Gasteiger partial charge on any atom is -0.490 e. The summed E-state index contributed by atoms with van der Waals surface area (Å²) in [6.45, 7) is 1.43. The average Bonchev–Trinajstić information content (AvgIpc) is 2.71. The lowest BCUT2D eigenvalue weighted by molar-refractivity contribution is 0.297. The van der Waals surface area contributed by atoms with Crippen molar-refractivity contribution in [1.82, 2.24) is 0 Å². The smallest absolute Gasteiger partial charge is 0.161 e. The van der Waals surface area contributed by atoms with E-state index in [9.17, 15) is 0 Å². The molecule has 0 aliphatic carbocycles. The van der Waals surface area contributed by atoms with Crippen molar-refractivity contribution in [2.45, 2.75) is 11.2 Å². The summed E-state index contributed by atoms with van der Waals surface area (Å²) in [5, 5.41) is 0. The molecule has 1 aliphatic rings. The second-order valence-electron chi connectivity index (χ2n) is 4.67. The lowest BCUT2D eigenvalue weighted by atomic mass is 10.0. The van der Waals surface area contributed by atoms with Crippen LogP contribution in [0, 0.1) is 0 Å². The van der Waals surface area contributed by atoms with Crippen molar-refractivity contribution in [2.75, 3.05) is 13.2 Å². The zero-order valence-electron chi connectivity index (χ0n) is 10.8. The fourth-order valence-corrected chi connectivity index (χ4v) is 3.18. The van der Waals surface area contributed by atoms with Crippen molar-refractivity contribution in [3.05, 3.63) is 58.1 Å². The molecule has 0 N–H and O–H groups in total. The number of benzene rings is 2. The Morgan fingerprint density at radius 2 is 1.65 bits per heavy atom. The van der Waals surface area contributed by atoms with Crippen LogP contribution in [0.4, 0.5) is 0 Å². The Labute approximate surface area is 135 Å². The highest BCUT2D eigenvalue weighted by Crippen LogP contribution is 2.38. The molecule has 1 aliphatic heterocycles. The Morgan fingerprint density at radius 1 is 0.900 bits per heavy atom. The van der Waals surface area contributed by atoms with E-state index in [-0.39, 0.29) is 4.83 Å². The number of hydrogen-bond acceptors (Lipinski definition) is 2. The molecule has 0 bridgehead atoms. The molecule has 0 spiro atoms. The van der Waals surface area contributed by atoms with E-state index < -0.39 is 0 Å². The van der Waals surface area contributed by atoms with Crippen LogP contribution in [0.3, 0.4) is 0 Å². The number of ether oxygens (including phenoxy) is 2. The first kappa shape index (κ1) is 14.0. The molecule has 2 aromatic rings. The van der Waals surface area contributed by atoms with Gasteiger partial charge in [0.1, 0.15) is 0 Å². The SMILES string of the molecule is Brc1cccc(C(Br)c2ccc3c(c2)OCCCO3)c1. The molecule has 0 aromatic heterocycles. The molecule has 2 nitrogen and oxygen atoms in total. The number of fused-ring (bicyclic) bond motifs is 1. The monoisotopic (exact) mass is 396 g/mol. The van der Waals surface area contributed by atoms with Crippen molar-refractivity contribution < 1.29 is 9.47 Å². The molecule has 1 atom stereocenters. The maximum absolute atomic E-state index is 5.74. The topological polar surface area (TPSA) is 18.5 Å². The van der Waals surface area contributed by atoms with E-state index in [1.54, 1.807) is 0 Å². The molecular formula is C16H14Br2O2. The van der Waals surface area contributed by atoms with Gasteiger partial charge in [-0.2, -0.15) is 0 Å². The van der Waals surface area contributed by atoms with Crippen LogP contribution in [0.25, 0.3) is 0 Å². The highest BCUT2D eigenvalue weighted by Gasteiger charge is 2.16. The van der Waals surface area contributed by atoms with Gasteiger partial charge in [-0.15, -0.1) is 0 Å². The molecule has 20 heavy (non-hydrogen) atoms. The minimum absolute atomic E-state index is 0.136. The van der Waals surface area contributed by atoms with E-state index in [1.807, 2.05) is 18.2 Å². The first-order valence-corrected chi connectivity index (χ1v) is 8.24. The molecule has 1 unspecified atom stereocenters. The molecule has 2 aromatic carbocycles. The summed E-state index contributed by atoms with van der Waals surface area (Å²) in [4.78, 5) is 0.136. The number of alkyl halides is 1. The van der Waals surface area contributed by atoms with Gasteiger partial charge >= 0.3 is 0 Å². The summed E-state index contributed by atoms with van der Waals surface area (Å²) in [5.41, 5.74) is 2.36. The number of rotatable bonds is 2. The summed E-state index contributed by atoms with van der Waals surface area (Å²) >= 11 is 7.27. The molecule has 0 radical (unpaired) electrons. The van der Waals surface area contributed by atoms with E-state index in [0.29, 0.717) is 6.61 Å². The first-order chi connectivity index (χ1) is 9.74. The van der Waals surface area contributed by atoms with Gasteiger partial charge in [-0.3, -0.25) is 0 Å². The predicted octanol–water partition coefficient (Wildman–Crippen LogP) is 5.09. The van der Waals surface area contributed by atoms with Gasteiger partial charge in [0.05, 0.1) is 18.0 Å². The summed E-state index contributed by atoms with van der Waals surface area (Å²) in [5.74, 6) is 1.67. The predicted molar refractivity (Wildman–Crippen MR) is 87.0 cm³/mol. The van der Waals surface area contributed by atoms with Crippen molar-refractivity contribution >= 4 is 31.9 Å². The van der Waals surface area contributed by atoms with E-state index in [0.717, 1.165) is 34.6 Å². The van der Waals surface area contributed by atoms with Crippen LogP contribution in [-0.2, 0) is 0 Å². The molecule has 1 heterocycles. The Kier molecular flexibility index (Phi) is 4.32. The zero-order valence-corrected chi connectivity index (χ0v) is 14.0. The maximum atomic E-state index is 5.74. The third-order valence-corrected chi connectivity index (χ3v) is 4.76. The van der Waals surface area contributed by atoms with E-state index in [4.69, 9.17) is 9.47 Å².